The Morgan fingerprint density at radius 3 is 2.54 bits per heavy atom. The minimum Gasteiger partial charge on any atom is -0.329 e. The number of hydrogen-bond acceptors (Lipinski definition) is 3. The highest BCUT2D eigenvalue weighted by atomic mass is 79.9. The molecule has 0 aliphatic rings. The van der Waals surface area contributed by atoms with Gasteiger partial charge >= 0.3 is 0 Å². The third-order valence-corrected chi connectivity index (χ3v) is 4.02. The van der Waals surface area contributed by atoms with Crippen molar-refractivity contribution in [2.24, 2.45) is 5.73 Å². The van der Waals surface area contributed by atoms with Crippen LogP contribution in [0.2, 0.25) is 0 Å². The lowest BCUT2D eigenvalue weighted by atomic mass is 10.2. The first-order chi connectivity index (χ1) is 11.1. The van der Waals surface area contributed by atoms with E-state index in [4.69, 9.17) is 5.73 Å². The molecule has 2 aromatic carbocycles. The Morgan fingerprint density at radius 2 is 1.92 bits per heavy atom. The van der Waals surface area contributed by atoms with Crippen LogP contribution < -0.4 is 11.1 Å². The number of hydrogen-bond donors (Lipinski definition) is 2. The van der Waals surface area contributed by atoms with Gasteiger partial charge in [-0.1, -0.05) is 46.3 Å². The van der Waals surface area contributed by atoms with Crippen LogP contribution in [0.3, 0.4) is 0 Å². The summed E-state index contributed by atoms with van der Waals surface area (Å²) in [5, 5.41) is 2.97. The van der Waals surface area contributed by atoms with E-state index in [0.717, 1.165) is 15.7 Å². The van der Waals surface area contributed by atoms with Crippen molar-refractivity contribution in [2.75, 3.05) is 25.0 Å². The molecule has 4 nitrogen and oxygen atoms in total. The van der Waals surface area contributed by atoms with E-state index in [9.17, 15) is 4.79 Å². The Balaban J connectivity index is 0.00000288. The molecule has 1 amide bonds. The maximum absolute atomic E-state index is 12.3. The average molecular weight is 413 g/mol. The molecular weight excluding hydrogens is 390 g/mol. The largest absolute Gasteiger partial charge is 0.329 e. The van der Waals surface area contributed by atoms with Crippen LogP contribution >= 0.6 is 28.3 Å². The van der Waals surface area contributed by atoms with Crippen LogP contribution in [0.5, 0.6) is 0 Å². The molecule has 0 fully saturated rings. The number of carbonyl (C=O) groups is 1. The van der Waals surface area contributed by atoms with Gasteiger partial charge in [-0.3, -0.25) is 9.69 Å². The van der Waals surface area contributed by atoms with Crippen LogP contribution in [0.1, 0.15) is 11.1 Å². The van der Waals surface area contributed by atoms with E-state index < -0.39 is 0 Å². The summed E-state index contributed by atoms with van der Waals surface area (Å²) in [6.45, 7) is 4.22. The smallest absolute Gasteiger partial charge is 0.238 e. The van der Waals surface area contributed by atoms with Crippen LogP contribution in [-0.4, -0.2) is 30.4 Å². The number of carbonyl (C=O) groups excluding carboxylic acids is 1. The van der Waals surface area contributed by atoms with Crippen LogP contribution in [0.15, 0.2) is 53.0 Å². The normalized spacial score (nSPS) is 10.3. The second-order valence-electron chi connectivity index (χ2n) is 5.49. The van der Waals surface area contributed by atoms with Gasteiger partial charge in [-0.25, -0.2) is 0 Å². The summed E-state index contributed by atoms with van der Waals surface area (Å²) >= 11 is 3.43. The van der Waals surface area contributed by atoms with Crippen LogP contribution in [0.25, 0.3) is 0 Å². The van der Waals surface area contributed by atoms with Crippen molar-refractivity contribution in [1.29, 1.82) is 0 Å². The first-order valence-corrected chi connectivity index (χ1v) is 8.40. The summed E-state index contributed by atoms with van der Waals surface area (Å²) in [7, 11) is 0. The standard InChI is InChI=1S/C18H22BrN3O.ClH/c1-14-11-16(19)7-8-17(14)21-18(23)13-22(10-9-20)12-15-5-3-2-4-6-15;/h2-8,11H,9-10,12-13,20H2,1H3,(H,21,23);1H. The van der Waals surface area contributed by atoms with Gasteiger partial charge in [-0.2, -0.15) is 0 Å². The van der Waals surface area contributed by atoms with Crippen LogP contribution in [0, 0.1) is 6.92 Å². The molecule has 0 spiro atoms. The Hall–Kier alpha value is -1.40. The van der Waals surface area contributed by atoms with Crippen molar-refractivity contribution in [3.05, 3.63) is 64.1 Å². The van der Waals surface area contributed by atoms with Crippen molar-refractivity contribution >= 4 is 39.9 Å². The first kappa shape index (κ1) is 20.6. The number of nitrogens with one attached hydrogen (secondary N) is 1. The number of anilines is 1. The monoisotopic (exact) mass is 411 g/mol. The van der Waals surface area contributed by atoms with Gasteiger partial charge in [0.25, 0.3) is 0 Å². The number of halogens is 2. The molecular formula is C18H23BrClN3O. The number of rotatable bonds is 7. The molecule has 0 unspecified atom stereocenters. The molecule has 0 bridgehead atoms. The SMILES string of the molecule is Cc1cc(Br)ccc1NC(=O)CN(CCN)Cc1ccccc1.Cl. The number of benzene rings is 2. The van der Waals surface area contributed by atoms with Crippen molar-refractivity contribution in [2.45, 2.75) is 13.5 Å². The van der Waals surface area contributed by atoms with E-state index in [-0.39, 0.29) is 18.3 Å². The van der Waals surface area contributed by atoms with Gasteiger partial charge in [0.15, 0.2) is 0 Å². The Labute approximate surface area is 158 Å². The summed E-state index contributed by atoms with van der Waals surface area (Å²) in [6, 6.07) is 15.9. The summed E-state index contributed by atoms with van der Waals surface area (Å²) in [5.74, 6) is -0.0280. The maximum atomic E-state index is 12.3. The predicted molar refractivity (Wildman–Crippen MR) is 106 cm³/mol. The van der Waals surface area contributed by atoms with Gasteiger partial charge in [0.05, 0.1) is 6.54 Å². The van der Waals surface area contributed by atoms with Crippen LogP contribution in [-0.2, 0) is 11.3 Å². The molecule has 0 radical (unpaired) electrons. The van der Waals surface area contributed by atoms with Crippen LogP contribution in [0.4, 0.5) is 5.69 Å². The quantitative estimate of drug-likeness (QED) is 0.731. The van der Waals surface area contributed by atoms with Crippen molar-refractivity contribution in [1.82, 2.24) is 4.90 Å². The highest BCUT2D eigenvalue weighted by Gasteiger charge is 2.12. The van der Waals surface area contributed by atoms with Gasteiger partial charge < -0.3 is 11.1 Å². The van der Waals surface area contributed by atoms with E-state index in [1.165, 1.54) is 5.56 Å². The number of amides is 1. The molecule has 0 heterocycles. The fourth-order valence-electron chi connectivity index (χ4n) is 2.40. The predicted octanol–water partition coefficient (Wildman–Crippen LogP) is 3.58. The molecule has 0 atom stereocenters. The molecule has 2 aromatic rings. The molecule has 2 rings (SSSR count). The lowest BCUT2D eigenvalue weighted by molar-refractivity contribution is -0.117. The van der Waals surface area contributed by atoms with E-state index in [1.807, 2.05) is 43.3 Å². The first-order valence-electron chi connectivity index (χ1n) is 7.61. The summed E-state index contributed by atoms with van der Waals surface area (Å²) in [6.07, 6.45) is 0. The number of aryl methyl sites for hydroxylation is 1. The molecule has 0 saturated heterocycles. The Bertz CT molecular complexity index is 652. The van der Waals surface area contributed by atoms with E-state index >= 15 is 0 Å². The van der Waals surface area contributed by atoms with Gasteiger partial charge in [0, 0.05) is 29.8 Å². The topological polar surface area (TPSA) is 58.4 Å². The maximum Gasteiger partial charge on any atom is 0.238 e. The van der Waals surface area contributed by atoms with Crippen molar-refractivity contribution < 1.29 is 4.79 Å². The van der Waals surface area contributed by atoms with Crippen molar-refractivity contribution in [3.8, 4) is 0 Å². The zero-order chi connectivity index (χ0) is 16.7. The molecule has 0 aromatic heterocycles. The molecule has 3 N–H and O–H groups in total. The molecule has 6 heteroatoms. The van der Waals surface area contributed by atoms with Gasteiger partial charge in [0.2, 0.25) is 5.91 Å². The molecule has 130 valence electrons. The van der Waals surface area contributed by atoms with E-state index in [2.05, 4.69) is 38.3 Å². The summed E-state index contributed by atoms with van der Waals surface area (Å²) < 4.78 is 1.00. The molecule has 24 heavy (non-hydrogen) atoms. The molecule has 0 aliphatic heterocycles. The zero-order valence-corrected chi connectivity index (χ0v) is 16.1. The zero-order valence-electron chi connectivity index (χ0n) is 13.7. The number of nitrogens with zero attached hydrogens (tertiary/aromatic N) is 1. The number of nitrogens with two attached hydrogens (primary N) is 1. The fourth-order valence-corrected chi connectivity index (χ4v) is 2.87. The lowest BCUT2D eigenvalue weighted by Crippen LogP contribution is -2.36. The average Bonchev–Trinajstić information content (AvgIpc) is 2.51. The fraction of sp³-hybridized carbons (Fsp3) is 0.278. The highest BCUT2D eigenvalue weighted by Crippen LogP contribution is 2.20. The second kappa shape index (κ2) is 10.5. The third kappa shape index (κ3) is 6.61. The van der Waals surface area contributed by atoms with Gasteiger partial charge in [0.1, 0.15) is 0 Å². The van der Waals surface area contributed by atoms with E-state index in [1.54, 1.807) is 0 Å². The van der Waals surface area contributed by atoms with Gasteiger partial charge in [-0.05, 0) is 36.2 Å². The van der Waals surface area contributed by atoms with Crippen molar-refractivity contribution in [3.63, 3.8) is 0 Å². The van der Waals surface area contributed by atoms with E-state index in [0.29, 0.717) is 26.2 Å². The summed E-state index contributed by atoms with van der Waals surface area (Å²) in [5.41, 5.74) is 8.72. The Morgan fingerprint density at radius 1 is 1.21 bits per heavy atom. The highest BCUT2D eigenvalue weighted by molar-refractivity contribution is 9.10. The molecule has 0 saturated carbocycles. The lowest BCUT2D eigenvalue weighted by Gasteiger charge is -2.21. The Kier molecular flexibility index (Phi) is 9.00. The molecule has 0 aliphatic carbocycles. The second-order valence-corrected chi connectivity index (χ2v) is 6.41. The summed E-state index contributed by atoms with van der Waals surface area (Å²) in [4.78, 5) is 14.4. The minimum absolute atomic E-state index is 0. The van der Waals surface area contributed by atoms with Gasteiger partial charge in [-0.15, -0.1) is 12.4 Å². The third-order valence-electron chi connectivity index (χ3n) is 3.52. The minimum atomic E-state index is -0.0280.